The summed E-state index contributed by atoms with van der Waals surface area (Å²) in [6, 6.07) is 10.6. The van der Waals surface area contributed by atoms with E-state index in [-0.39, 0.29) is 6.61 Å². The van der Waals surface area contributed by atoms with Crippen LogP contribution in [0.25, 0.3) is 22.6 Å². The predicted octanol–water partition coefficient (Wildman–Crippen LogP) is 4.29. The number of rotatable bonds is 2. The third kappa shape index (κ3) is 2.32. The average molecular weight is 294 g/mol. The Kier molecular flexibility index (Phi) is 3.19. The lowest BCUT2D eigenvalue weighted by molar-refractivity contribution is 0.282. The lowest BCUT2D eigenvalue weighted by Gasteiger charge is -1.97. The zero-order valence-electron chi connectivity index (χ0n) is 9.73. The molecule has 0 amide bonds. The zero-order valence-corrected chi connectivity index (χ0v) is 11.2. The summed E-state index contributed by atoms with van der Waals surface area (Å²) in [4.78, 5) is 4.36. The van der Waals surface area contributed by atoms with Crippen LogP contribution in [0.4, 0.5) is 0 Å². The Labute approximate surface area is 119 Å². The minimum Gasteiger partial charge on any atom is -0.435 e. The third-order valence-electron chi connectivity index (χ3n) is 2.79. The lowest BCUT2D eigenvalue weighted by Crippen LogP contribution is -1.82. The molecular weight excluding hydrogens is 285 g/mol. The van der Waals surface area contributed by atoms with Gasteiger partial charge >= 0.3 is 0 Å². The summed E-state index contributed by atoms with van der Waals surface area (Å²) in [7, 11) is 0. The molecule has 0 atom stereocenters. The topological polar surface area (TPSA) is 46.3 Å². The van der Waals surface area contributed by atoms with E-state index in [1.807, 2.05) is 24.3 Å². The second kappa shape index (κ2) is 4.85. The van der Waals surface area contributed by atoms with Crippen molar-refractivity contribution in [2.75, 3.05) is 0 Å². The number of hydrogen-bond acceptors (Lipinski definition) is 3. The fraction of sp³-hybridized carbons (Fsp3) is 0.0714. The average Bonchev–Trinajstić information content (AvgIpc) is 2.83. The van der Waals surface area contributed by atoms with Crippen molar-refractivity contribution in [3.8, 4) is 11.5 Å². The molecule has 3 rings (SSSR count). The van der Waals surface area contributed by atoms with Crippen LogP contribution in [-0.2, 0) is 6.61 Å². The van der Waals surface area contributed by atoms with Crippen molar-refractivity contribution in [3.63, 3.8) is 0 Å². The number of oxazole rings is 1. The molecule has 3 nitrogen and oxygen atoms in total. The molecule has 0 aliphatic carbocycles. The summed E-state index contributed by atoms with van der Waals surface area (Å²) in [6.07, 6.45) is 0. The molecule has 0 spiro atoms. The smallest absolute Gasteiger partial charge is 0.227 e. The van der Waals surface area contributed by atoms with Crippen molar-refractivity contribution >= 4 is 34.3 Å². The first-order valence-corrected chi connectivity index (χ1v) is 6.39. The SMILES string of the molecule is OCc1ccc(-c2nc3cc(Cl)cc(Cl)c3o2)cc1. The maximum atomic E-state index is 9.01. The van der Waals surface area contributed by atoms with Crippen LogP contribution >= 0.6 is 23.2 Å². The lowest BCUT2D eigenvalue weighted by atomic mass is 10.1. The highest BCUT2D eigenvalue weighted by atomic mass is 35.5. The first kappa shape index (κ1) is 12.5. The number of fused-ring (bicyclic) bond motifs is 1. The van der Waals surface area contributed by atoms with Gasteiger partial charge in [-0.2, -0.15) is 0 Å². The molecule has 1 heterocycles. The van der Waals surface area contributed by atoms with E-state index in [9.17, 15) is 0 Å². The van der Waals surface area contributed by atoms with Crippen LogP contribution in [-0.4, -0.2) is 10.1 Å². The third-order valence-corrected chi connectivity index (χ3v) is 3.29. The van der Waals surface area contributed by atoms with Gasteiger partial charge in [-0.15, -0.1) is 0 Å². The monoisotopic (exact) mass is 293 g/mol. The van der Waals surface area contributed by atoms with Crippen molar-refractivity contribution in [1.29, 1.82) is 0 Å². The molecular formula is C14H9Cl2NO2. The standard InChI is InChI=1S/C14H9Cl2NO2/c15-10-5-11(16)13-12(6-10)17-14(19-13)9-3-1-8(7-18)2-4-9/h1-6,18H,7H2. The molecule has 0 fully saturated rings. The number of nitrogens with zero attached hydrogens (tertiary/aromatic N) is 1. The molecule has 1 aromatic heterocycles. The molecule has 1 N–H and O–H groups in total. The Morgan fingerprint density at radius 3 is 2.53 bits per heavy atom. The quantitative estimate of drug-likeness (QED) is 0.766. The summed E-state index contributed by atoms with van der Waals surface area (Å²) in [6.45, 7) is 0.00920. The maximum Gasteiger partial charge on any atom is 0.227 e. The highest BCUT2D eigenvalue weighted by Crippen LogP contribution is 2.31. The molecule has 0 aliphatic heterocycles. The van der Waals surface area contributed by atoms with Crippen LogP contribution in [0.2, 0.25) is 10.0 Å². The summed E-state index contributed by atoms with van der Waals surface area (Å²) in [5, 5.41) is 9.97. The molecule has 0 bridgehead atoms. The second-order valence-corrected chi connectivity index (χ2v) is 4.95. The summed E-state index contributed by atoms with van der Waals surface area (Å²) < 4.78 is 5.65. The summed E-state index contributed by atoms with van der Waals surface area (Å²) in [5.74, 6) is 0.476. The largest absolute Gasteiger partial charge is 0.435 e. The van der Waals surface area contributed by atoms with Gasteiger partial charge in [0.15, 0.2) is 5.58 Å². The van der Waals surface area contributed by atoms with E-state index in [1.165, 1.54) is 0 Å². The fourth-order valence-corrected chi connectivity index (χ4v) is 2.36. The normalized spacial score (nSPS) is 11.1. The first-order valence-electron chi connectivity index (χ1n) is 5.63. The molecule has 2 aromatic carbocycles. The molecule has 0 aliphatic rings. The first-order chi connectivity index (χ1) is 9.17. The highest BCUT2D eigenvalue weighted by Gasteiger charge is 2.12. The Hall–Kier alpha value is -1.55. The second-order valence-electron chi connectivity index (χ2n) is 4.11. The minimum absolute atomic E-state index is 0.00920. The van der Waals surface area contributed by atoms with Crippen molar-refractivity contribution < 1.29 is 9.52 Å². The Bertz CT molecular complexity index is 735. The summed E-state index contributed by atoms with van der Waals surface area (Å²) in [5.41, 5.74) is 2.80. The van der Waals surface area contributed by atoms with Crippen molar-refractivity contribution in [2.24, 2.45) is 0 Å². The number of aliphatic hydroxyl groups excluding tert-OH is 1. The van der Waals surface area contributed by atoms with Crippen molar-refractivity contribution in [3.05, 3.63) is 52.0 Å². The molecule has 3 aromatic rings. The number of benzene rings is 2. The molecule has 96 valence electrons. The molecule has 0 saturated carbocycles. The van der Waals surface area contributed by atoms with Gasteiger partial charge in [-0.1, -0.05) is 35.3 Å². The molecule has 19 heavy (non-hydrogen) atoms. The number of hydrogen-bond donors (Lipinski definition) is 1. The Balaban J connectivity index is 2.12. The molecule has 0 radical (unpaired) electrons. The van der Waals surface area contributed by atoms with E-state index in [0.29, 0.717) is 27.0 Å². The van der Waals surface area contributed by atoms with Gasteiger partial charge in [0.2, 0.25) is 5.89 Å². The van der Waals surface area contributed by atoms with Gasteiger partial charge in [0.1, 0.15) is 5.52 Å². The van der Waals surface area contributed by atoms with E-state index in [1.54, 1.807) is 12.1 Å². The molecule has 0 unspecified atom stereocenters. The Morgan fingerprint density at radius 2 is 1.84 bits per heavy atom. The van der Waals surface area contributed by atoms with Crippen molar-refractivity contribution in [2.45, 2.75) is 6.61 Å². The van der Waals surface area contributed by atoms with Crippen LogP contribution in [0.1, 0.15) is 5.56 Å². The van der Waals surface area contributed by atoms with Gasteiger partial charge in [-0.05, 0) is 29.8 Å². The fourth-order valence-electron chi connectivity index (χ4n) is 1.84. The van der Waals surface area contributed by atoms with Gasteiger partial charge in [-0.3, -0.25) is 0 Å². The van der Waals surface area contributed by atoms with E-state index >= 15 is 0 Å². The minimum atomic E-state index is 0.00920. The van der Waals surface area contributed by atoms with E-state index in [0.717, 1.165) is 11.1 Å². The molecule has 0 saturated heterocycles. The number of halogens is 2. The van der Waals surface area contributed by atoms with Gasteiger partial charge < -0.3 is 9.52 Å². The highest BCUT2D eigenvalue weighted by molar-refractivity contribution is 6.38. The van der Waals surface area contributed by atoms with E-state index in [4.69, 9.17) is 32.7 Å². The predicted molar refractivity (Wildman–Crippen MR) is 75.4 cm³/mol. The number of aromatic nitrogens is 1. The van der Waals surface area contributed by atoms with Crippen LogP contribution in [0.5, 0.6) is 0 Å². The van der Waals surface area contributed by atoms with Crippen LogP contribution < -0.4 is 0 Å². The molecule has 5 heteroatoms. The van der Waals surface area contributed by atoms with Gasteiger partial charge in [0, 0.05) is 10.6 Å². The van der Waals surface area contributed by atoms with Crippen molar-refractivity contribution in [1.82, 2.24) is 4.98 Å². The van der Waals surface area contributed by atoms with Gasteiger partial charge in [0.05, 0.1) is 11.6 Å². The van der Waals surface area contributed by atoms with Crippen LogP contribution in [0.3, 0.4) is 0 Å². The van der Waals surface area contributed by atoms with E-state index in [2.05, 4.69) is 4.98 Å². The zero-order chi connectivity index (χ0) is 13.4. The number of aliphatic hydroxyl groups is 1. The summed E-state index contributed by atoms with van der Waals surface area (Å²) >= 11 is 12.0. The van der Waals surface area contributed by atoms with Crippen LogP contribution in [0, 0.1) is 0 Å². The van der Waals surface area contributed by atoms with E-state index < -0.39 is 0 Å². The van der Waals surface area contributed by atoms with Crippen LogP contribution in [0.15, 0.2) is 40.8 Å². The van der Waals surface area contributed by atoms with Gasteiger partial charge in [0.25, 0.3) is 0 Å². The Morgan fingerprint density at radius 1 is 1.11 bits per heavy atom. The van der Waals surface area contributed by atoms with Gasteiger partial charge in [-0.25, -0.2) is 4.98 Å². The maximum absolute atomic E-state index is 9.01.